The van der Waals surface area contributed by atoms with Crippen LogP contribution in [0.25, 0.3) is 10.1 Å². The van der Waals surface area contributed by atoms with Crippen LogP contribution in [-0.2, 0) is 0 Å². The maximum Gasteiger partial charge on any atom is 0.269 e. The highest BCUT2D eigenvalue weighted by Crippen LogP contribution is 2.31. The maximum absolute atomic E-state index is 11.9. The fourth-order valence-corrected chi connectivity index (χ4v) is 3.31. The number of aromatic nitrogens is 1. The van der Waals surface area contributed by atoms with Crippen molar-refractivity contribution in [2.45, 2.75) is 6.92 Å². The first kappa shape index (κ1) is 16.9. The van der Waals surface area contributed by atoms with Gasteiger partial charge < -0.3 is 15.4 Å². The molecule has 128 valence electrons. The number of fused-ring (bicyclic) bond motifs is 1. The summed E-state index contributed by atoms with van der Waals surface area (Å²) in [6.07, 6.45) is 1.52. The number of carbonyl (C=O) groups is 2. The summed E-state index contributed by atoms with van der Waals surface area (Å²) < 4.78 is 6.78. The van der Waals surface area contributed by atoms with Gasteiger partial charge in [-0.25, -0.2) is 0 Å². The van der Waals surface area contributed by atoms with E-state index in [1.54, 1.807) is 19.2 Å². The van der Waals surface area contributed by atoms with E-state index in [-0.39, 0.29) is 17.5 Å². The van der Waals surface area contributed by atoms with E-state index in [1.165, 1.54) is 17.5 Å². The van der Waals surface area contributed by atoms with Crippen molar-refractivity contribution in [3.05, 3.63) is 53.2 Å². The molecule has 0 aliphatic carbocycles. The molecule has 0 radical (unpaired) electrons. The molecule has 0 saturated heterocycles. The van der Waals surface area contributed by atoms with Crippen molar-refractivity contribution in [2.24, 2.45) is 0 Å². The van der Waals surface area contributed by atoms with Crippen LogP contribution in [0.5, 0.6) is 11.5 Å². The van der Waals surface area contributed by atoms with Gasteiger partial charge in [-0.2, -0.15) is 0 Å². The molecule has 0 fully saturated rings. The van der Waals surface area contributed by atoms with Crippen molar-refractivity contribution in [3.63, 3.8) is 0 Å². The van der Waals surface area contributed by atoms with E-state index >= 15 is 0 Å². The average molecular weight is 355 g/mol. The zero-order valence-electron chi connectivity index (χ0n) is 13.8. The average Bonchev–Trinajstić information content (AvgIpc) is 3.05. The van der Waals surface area contributed by atoms with Crippen molar-refractivity contribution in [2.75, 3.05) is 13.6 Å². The number of ether oxygens (including phenoxy) is 1. The van der Waals surface area contributed by atoms with Gasteiger partial charge in [-0.15, -0.1) is 11.3 Å². The molecule has 2 heterocycles. The number of amides is 2. The molecule has 3 aromatic rings. The standard InChI is InChI=1S/C18H17N3O3S/c1-3-20-18(23)16-8-11-4-5-12(10-15(11)25-16)24-13-6-7-21-14(9-13)17(22)19-2/h4-10H,3H2,1-2H3,(H,19,22)(H,20,23). The molecule has 2 aromatic heterocycles. The summed E-state index contributed by atoms with van der Waals surface area (Å²) in [6, 6.07) is 10.7. The molecular formula is C18H17N3O3S. The summed E-state index contributed by atoms with van der Waals surface area (Å²) in [7, 11) is 1.55. The molecule has 0 unspecified atom stereocenters. The Bertz CT molecular complexity index is 936. The molecule has 0 atom stereocenters. The first-order valence-electron chi connectivity index (χ1n) is 7.78. The summed E-state index contributed by atoms with van der Waals surface area (Å²) in [6.45, 7) is 2.48. The number of rotatable bonds is 5. The van der Waals surface area contributed by atoms with Crippen molar-refractivity contribution >= 4 is 33.2 Å². The predicted molar refractivity (Wildman–Crippen MR) is 97.5 cm³/mol. The second-order valence-electron chi connectivity index (χ2n) is 5.23. The van der Waals surface area contributed by atoms with Gasteiger partial charge in [0.25, 0.3) is 11.8 Å². The summed E-state index contributed by atoms with van der Waals surface area (Å²) in [5.41, 5.74) is 0.288. The predicted octanol–water partition coefficient (Wildman–Crippen LogP) is 3.20. The number of hydrogen-bond donors (Lipinski definition) is 2. The Morgan fingerprint density at radius 3 is 2.68 bits per heavy atom. The highest BCUT2D eigenvalue weighted by Gasteiger charge is 2.11. The Labute approximate surface area is 148 Å². The summed E-state index contributed by atoms with van der Waals surface area (Å²) in [4.78, 5) is 28.3. The molecule has 0 aliphatic rings. The number of nitrogens with one attached hydrogen (secondary N) is 2. The van der Waals surface area contributed by atoms with E-state index < -0.39 is 0 Å². The fourth-order valence-electron chi connectivity index (χ4n) is 2.30. The molecule has 2 amide bonds. The van der Waals surface area contributed by atoms with E-state index in [0.717, 1.165) is 10.1 Å². The molecule has 25 heavy (non-hydrogen) atoms. The lowest BCUT2D eigenvalue weighted by atomic mass is 10.2. The lowest BCUT2D eigenvalue weighted by Crippen LogP contribution is -2.21. The molecule has 7 heteroatoms. The second-order valence-corrected chi connectivity index (χ2v) is 6.31. The number of benzene rings is 1. The Kier molecular flexibility index (Phi) is 4.95. The zero-order chi connectivity index (χ0) is 17.8. The van der Waals surface area contributed by atoms with Gasteiger partial charge in [0.2, 0.25) is 0 Å². The molecule has 0 saturated carbocycles. The third-order valence-corrected chi connectivity index (χ3v) is 4.58. The molecule has 2 N–H and O–H groups in total. The number of hydrogen-bond acceptors (Lipinski definition) is 5. The number of carbonyl (C=O) groups excluding carboxylic acids is 2. The highest BCUT2D eigenvalue weighted by atomic mass is 32.1. The topological polar surface area (TPSA) is 80.3 Å². The Morgan fingerprint density at radius 2 is 1.92 bits per heavy atom. The minimum atomic E-state index is -0.272. The van der Waals surface area contributed by atoms with Crippen LogP contribution in [0.1, 0.15) is 27.1 Å². The van der Waals surface area contributed by atoms with Gasteiger partial charge in [-0.3, -0.25) is 14.6 Å². The second kappa shape index (κ2) is 7.31. The lowest BCUT2D eigenvalue weighted by Gasteiger charge is -2.06. The van der Waals surface area contributed by atoms with E-state index in [2.05, 4.69) is 15.6 Å². The molecule has 0 spiro atoms. The van der Waals surface area contributed by atoms with Gasteiger partial charge in [0.15, 0.2) is 0 Å². The molecule has 0 aliphatic heterocycles. The van der Waals surface area contributed by atoms with Crippen molar-refractivity contribution < 1.29 is 14.3 Å². The van der Waals surface area contributed by atoms with Crippen LogP contribution in [0.2, 0.25) is 0 Å². The Morgan fingerprint density at radius 1 is 1.12 bits per heavy atom. The zero-order valence-corrected chi connectivity index (χ0v) is 14.6. The van der Waals surface area contributed by atoms with Gasteiger partial charge >= 0.3 is 0 Å². The summed E-state index contributed by atoms with van der Waals surface area (Å²) in [5.74, 6) is 0.806. The smallest absolute Gasteiger partial charge is 0.269 e. The van der Waals surface area contributed by atoms with Crippen LogP contribution in [-0.4, -0.2) is 30.4 Å². The largest absolute Gasteiger partial charge is 0.457 e. The third kappa shape index (κ3) is 3.77. The first-order chi connectivity index (χ1) is 12.1. The van der Waals surface area contributed by atoms with Crippen LogP contribution in [0.3, 0.4) is 0 Å². The van der Waals surface area contributed by atoms with Gasteiger partial charge in [0.05, 0.1) is 4.88 Å². The molecule has 6 nitrogen and oxygen atoms in total. The lowest BCUT2D eigenvalue weighted by molar-refractivity contribution is 0.0950. The number of thiophene rings is 1. The van der Waals surface area contributed by atoms with E-state index in [0.29, 0.717) is 22.9 Å². The van der Waals surface area contributed by atoms with Gasteiger partial charge in [-0.05, 0) is 42.6 Å². The van der Waals surface area contributed by atoms with E-state index in [9.17, 15) is 9.59 Å². The Hall–Kier alpha value is -2.93. The van der Waals surface area contributed by atoms with Crippen molar-refractivity contribution in [1.29, 1.82) is 0 Å². The van der Waals surface area contributed by atoms with Crippen molar-refractivity contribution in [1.82, 2.24) is 15.6 Å². The monoisotopic (exact) mass is 355 g/mol. The summed E-state index contributed by atoms with van der Waals surface area (Å²) in [5, 5.41) is 6.31. The minimum Gasteiger partial charge on any atom is -0.457 e. The van der Waals surface area contributed by atoms with E-state index in [1.807, 2.05) is 31.2 Å². The summed E-state index contributed by atoms with van der Waals surface area (Å²) >= 11 is 1.41. The SMILES string of the molecule is CCNC(=O)c1cc2ccc(Oc3ccnc(C(=O)NC)c3)cc2s1. The van der Waals surface area contributed by atoms with Gasteiger partial charge in [0.1, 0.15) is 17.2 Å². The molecular weight excluding hydrogens is 338 g/mol. The van der Waals surface area contributed by atoms with Crippen LogP contribution < -0.4 is 15.4 Å². The number of nitrogens with zero attached hydrogens (tertiary/aromatic N) is 1. The van der Waals surface area contributed by atoms with Crippen LogP contribution in [0.15, 0.2) is 42.6 Å². The molecule has 0 bridgehead atoms. The van der Waals surface area contributed by atoms with Crippen LogP contribution in [0.4, 0.5) is 0 Å². The normalized spacial score (nSPS) is 10.5. The Balaban J connectivity index is 1.85. The third-order valence-electron chi connectivity index (χ3n) is 3.48. The molecule has 1 aromatic carbocycles. The van der Waals surface area contributed by atoms with E-state index in [4.69, 9.17) is 4.74 Å². The minimum absolute atomic E-state index is 0.0736. The highest BCUT2D eigenvalue weighted by molar-refractivity contribution is 7.20. The van der Waals surface area contributed by atoms with Crippen LogP contribution >= 0.6 is 11.3 Å². The van der Waals surface area contributed by atoms with Gasteiger partial charge in [-0.1, -0.05) is 0 Å². The van der Waals surface area contributed by atoms with Gasteiger partial charge in [0, 0.05) is 30.6 Å². The van der Waals surface area contributed by atoms with Crippen LogP contribution in [0, 0.1) is 0 Å². The first-order valence-corrected chi connectivity index (χ1v) is 8.60. The molecule has 3 rings (SSSR count). The fraction of sp³-hybridized carbons (Fsp3) is 0.167. The van der Waals surface area contributed by atoms with Crippen molar-refractivity contribution in [3.8, 4) is 11.5 Å². The number of pyridine rings is 1. The maximum atomic E-state index is 11.9. The quantitative estimate of drug-likeness (QED) is 0.736.